The summed E-state index contributed by atoms with van der Waals surface area (Å²) >= 11 is 0. The minimum absolute atomic E-state index is 0.208. The number of hydrogen-bond donors (Lipinski definition) is 2. The highest BCUT2D eigenvalue weighted by Gasteiger charge is 2.30. The molecule has 2 aromatic carbocycles. The summed E-state index contributed by atoms with van der Waals surface area (Å²) in [5.41, 5.74) is -1.86. The molecule has 2 amide bonds. The summed E-state index contributed by atoms with van der Waals surface area (Å²) in [5.74, 6) is -4.84. The third-order valence-electron chi connectivity index (χ3n) is 2.73. The molecule has 0 saturated heterocycles. The van der Waals surface area contributed by atoms with E-state index in [0.717, 1.165) is 18.2 Å². The fourth-order valence-electron chi connectivity index (χ4n) is 1.68. The van der Waals surface area contributed by atoms with Crippen LogP contribution in [-0.2, 0) is 6.18 Å². The molecule has 0 fully saturated rings. The lowest BCUT2D eigenvalue weighted by atomic mass is 10.2. The van der Waals surface area contributed by atoms with Crippen LogP contribution in [-0.4, -0.2) is 6.03 Å². The van der Waals surface area contributed by atoms with Crippen LogP contribution in [0.5, 0.6) is 0 Å². The maximum absolute atomic E-state index is 13.4. The molecule has 0 radical (unpaired) electrons. The summed E-state index contributed by atoms with van der Waals surface area (Å²) in [6.07, 6.45) is -4.60. The van der Waals surface area contributed by atoms with Crippen molar-refractivity contribution < 1.29 is 31.1 Å². The Balaban J connectivity index is 2.13. The van der Waals surface area contributed by atoms with Gasteiger partial charge in [-0.2, -0.15) is 13.2 Å². The summed E-state index contributed by atoms with van der Waals surface area (Å²) in [6.45, 7) is 0. The van der Waals surface area contributed by atoms with E-state index in [4.69, 9.17) is 0 Å². The Labute approximate surface area is 125 Å². The molecule has 0 spiro atoms. The van der Waals surface area contributed by atoms with E-state index in [2.05, 4.69) is 0 Å². The molecule has 3 nitrogen and oxygen atoms in total. The highest BCUT2D eigenvalue weighted by molar-refractivity contribution is 5.99. The van der Waals surface area contributed by atoms with Crippen molar-refractivity contribution in [3.05, 3.63) is 59.4 Å². The predicted molar refractivity (Wildman–Crippen MR) is 70.4 cm³/mol. The smallest absolute Gasteiger partial charge is 0.308 e. The molecule has 0 aliphatic carbocycles. The van der Waals surface area contributed by atoms with Crippen LogP contribution in [0.15, 0.2) is 36.4 Å². The van der Waals surface area contributed by atoms with E-state index in [1.165, 1.54) is 6.07 Å². The number of urea groups is 1. The van der Waals surface area contributed by atoms with Gasteiger partial charge in [0, 0.05) is 5.69 Å². The number of benzene rings is 2. The number of hydrogen-bond acceptors (Lipinski definition) is 1. The lowest BCUT2D eigenvalue weighted by Crippen LogP contribution is -2.21. The van der Waals surface area contributed by atoms with Crippen LogP contribution in [0.1, 0.15) is 5.56 Å². The zero-order valence-electron chi connectivity index (χ0n) is 11.1. The first-order chi connectivity index (χ1) is 10.7. The Hall–Kier alpha value is -2.71. The number of halogens is 6. The number of carbonyl (C=O) groups is 1. The minimum atomic E-state index is -4.60. The van der Waals surface area contributed by atoms with E-state index in [0.29, 0.717) is 12.1 Å². The Morgan fingerprint density at radius 3 is 2.26 bits per heavy atom. The van der Waals surface area contributed by atoms with Crippen LogP contribution < -0.4 is 10.6 Å². The van der Waals surface area contributed by atoms with E-state index >= 15 is 0 Å². The van der Waals surface area contributed by atoms with Crippen LogP contribution in [0.25, 0.3) is 0 Å². The van der Waals surface area contributed by atoms with Gasteiger partial charge in [0.15, 0.2) is 17.5 Å². The molecule has 2 N–H and O–H groups in total. The van der Waals surface area contributed by atoms with Gasteiger partial charge in [0.05, 0.1) is 11.3 Å². The first-order valence-corrected chi connectivity index (χ1v) is 6.07. The fourth-order valence-corrected chi connectivity index (χ4v) is 1.68. The third-order valence-corrected chi connectivity index (χ3v) is 2.73. The topological polar surface area (TPSA) is 41.1 Å². The lowest BCUT2D eigenvalue weighted by molar-refractivity contribution is -0.137. The van der Waals surface area contributed by atoms with Crippen LogP contribution >= 0.6 is 0 Å². The van der Waals surface area contributed by atoms with Gasteiger partial charge in [-0.15, -0.1) is 0 Å². The Morgan fingerprint density at radius 1 is 0.913 bits per heavy atom. The first kappa shape index (κ1) is 16.7. The molecule has 0 aliphatic rings. The van der Waals surface area contributed by atoms with Gasteiger partial charge in [-0.25, -0.2) is 18.0 Å². The van der Waals surface area contributed by atoms with Crippen LogP contribution in [0.3, 0.4) is 0 Å². The van der Waals surface area contributed by atoms with Crippen molar-refractivity contribution >= 4 is 17.4 Å². The summed E-state index contributed by atoms with van der Waals surface area (Å²) in [5, 5.41) is 3.90. The second-order valence-corrected chi connectivity index (χ2v) is 4.38. The molecule has 2 rings (SSSR count). The summed E-state index contributed by atoms with van der Waals surface area (Å²) < 4.78 is 76.7. The average molecular weight is 334 g/mol. The van der Waals surface area contributed by atoms with Crippen molar-refractivity contribution in [3.63, 3.8) is 0 Å². The molecule has 2 aromatic rings. The number of anilines is 2. The van der Waals surface area contributed by atoms with Gasteiger partial charge in [0.2, 0.25) is 0 Å². The quantitative estimate of drug-likeness (QED) is 0.603. The monoisotopic (exact) mass is 334 g/mol. The van der Waals surface area contributed by atoms with E-state index in [1.54, 1.807) is 0 Å². The highest BCUT2D eigenvalue weighted by Crippen LogP contribution is 2.30. The summed E-state index contributed by atoms with van der Waals surface area (Å²) in [4.78, 5) is 11.6. The van der Waals surface area contributed by atoms with Gasteiger partial charge >= 0.3 is 12.2 Å². The van der Waals surface area contributed by atoms with Crippen LogP contribution in [0, 0.1) is 17.5 Å². The molecule has 0 saturated carbocycles. The lowest BCUT2D eigenvalue weighted by Gasteiger charge is -2.11. The van der Waals surface area contributed by atoms with Gasteiger partial charge in [-0.3, -0.25) is 0 Å². The highest BCUT2D eigenvalue weighted by atomic mass is 19.4. The molecule has 0 aromatic heterocycles. The Bertz CT molecular complexity index is 745. The molecular weight excluding hydrogens is 326 g/mol. The van der Waals surface area contributed by atoms with Crippen molar-refractivity contribution in [3.8, 4) is 0 Å². The van der Waals surface area contributed by atoms with Crippen molar-refractivity contribution in [1.82, 2.24) is 0 Å². The van der Waals surface area contributed by atoms with E-state index in [1.807, 2.05) is 10.6 Å². The average Bonchev–Trinajstić information content (AvgIpc) is 2.47. The largest absolute Gasteiger partial charge is 0.416 e. The molecule has 0 atom stereocenters. The molecule has 122 valence electrons. The molecule has 23 heavy (non-hydrogen) atoms. The van der Waals surface area contributed by atoms with Crippen molar-refractivity contribution in [2.45, 2.75) is 6.18 Å². The number of alkyl halides is 3. The first-order valence-electron chi connectivity index (χ1n) is 6.07. The predicted octanol–water partition coefficient (Wildman–Crippen LogP) is 4.77. The Morgan fingerprint density at radius 2 is 1.61 bits per heavy atom. The normalized spacial score (nSPS) is 11.2. The second kappa shape index (κ2) is 6.19. The second-order valence-electron chi connectivity index (χ2n) is 4.38. The van der Waals surface area contributed by atoms with E-state index < -0.39 is 40.9 Å². The molecule has 0 aliphatic heterocycles. The number of rotatable bonds is 2. The SMILES string of the molecule is O=C(Nc1cccc(C(F)(F)F)c1)Nc1ccc(F)c(F)c1F. The summed E-state index contributed by atoms with van der Waals surface area (Å²) in [6, 6.07) is 3.97. The standard InChI is InChI=1S/C14H8F6N2O/c15-9-4-5-10(12(17)11(9)16)22-13(23)21-8-3-1-2-7(6-8)14(18,19)20/h1-6H,(H2,21,22,23). The minimum Gasteiger partial charge on any atom is -0.308 e. The van der Waals surface area contributed by atoms with Crippen molar-refractivity contribution in [2.75, 3.05) is 10.6 Å². The van der Waals surface area contributed by atoms with Crippen LogP contribution in [0.2, 0.25) is 0 Å². The van der Waals surface area contributed by atoms with Gasteiger partial charge in [-0.1, -0.05) is 6.07 Å². The van der Waals surface area contributed by atoms with Crippen molar-refractivity contribution in [1.29, 1.82) is 0 Å². The zero-order chi connectivity index (χ0) is 17.2. The molecule has 0 bridgehead atoms. The van der Waals surface area contributed by atoms with E-state index in [-0.39, 0.29) is 5.69 Å². The number of nitrogens with one attached hydrogen (secondary N) is 2. The zero-order valence-corrected chi connectivity index (χ0v) is 11.1. The number of amides is 2. The molecule has 0 heterocycles. The third kappa shape index (κ3) is 3.93. The van der Waals surface area contributed by atoms with Gasteiger partial charge < -0.3 is 10.6 Å². The molecular formula is C14H8F6N2O. The maximum atomic E-state index is 13.4. The molecule has 0 unspecified atom stereocenters. The van der Waals surface area contributed by atoms with Gasteiger partial charge in [0.25, 0.3) is 0 Å². The number of carbonyl (C=O) groups excluding carboxylic acids is 1. The maximum Gasteiger partial charge on any atom is 0.416 e. The fraction of sp³-hybridized carbons (Fsp3) is 0.0714. The van der Waals surface area contributed by atoms with Crippen LogP contribution in [0.4, 0.5) is 42.5 Å². The van der Waals surface area contributed by atoms with Gasteiger partial charge in [-0.05, 0) is 30.3 Å². The summed E-state index contributed by atoms with van der Waals surface area (Å²) in [7, 11) is 0. The Kier molecular flexibility index (Phi) is 4.48. The van der Waals surface area contributed by atoms with E-state index in [9.17, 15) is 31.1 Å². The van der Waals surface area contributed by atoms with Crippen molar-refractivity contribution in [2.24, 2.45) is 0 Å². The van der Waals surface area contributed by atoms with Gasteiger partial charge in [0.1, 0.15) is 0 Å². The molecule has 9 heteroatoms.